The second-order valence-electron chi connectivity index (χ2n) is 7.18. The van der Waals surface area contributed by atoms with Crippen LogP contribution in [-0.2, 0) is 10.2 Å². The van der Waals surface area contributed by atoms with Crippen molar-refractivity contribution in [2.75, 3.05) is 6.54 Å². The maximum Gasteiger partial charge on any atom is 0.400 e. The Hall–Kier alpha value is -2.40. The highest BCUT2D eigenvalue weighted by Gasteiger charge is 2.66. The van der Waals surface area contributed by atoms with Gasteiger partial charge in [0.15, 0.2) is 0 Å². The number of aromatic nitrogens is 1. The smallest absolute Gasteiger partial charge is 0.342 e. The molecule has 3 N–H and O–H groups in total. The van der Waals surface area contributed by atoms with Gasteiger partial charge in [-0.05, 0) is 30.5 Å². The summed E-state index contributed by atoms with van der Waals surface area (Å²) >= 11 is 6.72. The Kier molecular flexibility index (Phi) is 5.13. The molecule has 0 spiro atoms. The van der Waals surface area contributed by atoms with E-state index in [1.54, 1.807) is 0 Å². The number of nitrogens with one attached hydrogen (secondary N) is 3. The van der Waals surface area contributed by atoms with E-state index in [2.05, 4.69) is 20.9 Å². The van der Waals surface area contributed by atoms with Crippen LogP contribution in [0.25, 0.3) is 0 Å². The Morgan fingerprint density at radius 1 is 1.37 bits per heavy atom. The number of rotatable bonds is 5. The highest BCUT2D eigenvalue weighted by atomic mass is 35.5. The van der Waals surface area contributed by atoms with E-state index in [1.807, 2.05) is 0 Å². The molecule has 1 unspecified atom stereocenters. The lowest BCUT2D eigenvalue weighted by Gasteiger charge is -2.20. The van der Waals surface area contributed by atoms with Crippen molar-refractivity contribution < 1.29 is 27.2 Å². The second-order valence-corrected chi connectivity index (χ2v) is 8.44. The molecule has 30 heavy (non-hydrogen) atoms. The third kappa shape index (κ3) is 3.71. The van der Waals surface area contributed by atoms with Gasteiger partial charge in [-0.1, -0.05) is 17.7 Å². The lowest BCUT2D eigenvalue weighted by Crippen LogP contribution is -2.44. The first-order valence-corrected chi connectivity index (χ1v) is 10.2. The van der Waals surface area contributed by atoms with E-state index in [-0.39, 0.29) is 35.1 Å². The zero-order chi connectivity index (χ0) is 21.7. The van der Waals surface area contributed by atoms with E-state index in [0.29, 0.717) is 5.56 Å². The molecule has 1 aromatic carbocycles. The average molecular weight is 463 g/mol. The van der Waals surface area contributed by atoms with Crippen molar-refractivity contribution in [2.24, 2.45) is 0 Å². The number of amides is 3. The van der Waals surface area contributed by atoms with Gasteiger partial charge in [0, 0.05) is 11.9 Å². The molecule has 1 aromatic heterocycles. The summed E-state index contributed by atoms with van der Waals surface area (Å²) in [6.07, 6.45) is -4.49. The molecule has 1 aliphatic carbocycles. The molecular weight excluding hydrogens is 448 g/mol. The summed E-state index contributed by atoms with van der Waals surface area (Å²) in [5.41, 5.74) is -1.42. The van der Waals surface area contributed by atoms with E-state index in [1.165, 1.54) is 17.5 Å². The fourth-order valence-electron chi connectivity index (χ4n) is 3.26. The first-order valence-electron chi connectivity index (χ1n) is 8.93. The lowest BCUT2D eigenvalue weighted by atomic mass is 10.0. The standard InChI is InChI=1S/C18H15ClF4N4O2S/c19-9-5-8(1-2-10(9)20)13(27-14(28)11-6-24-16(29)26-11)12-7-30-15(25-12)17(3-4-17)18(21,22)23/h1-2,5,7,11,13H,3-4,6H2,(H,27,28)(H2,24,26,29)/t11-,13?/m0/s1. The summed E-state index contributed by atoms with van der Waals surface area (Å²) in [6.45, 7) is 0.0566. The summed E-state index contributed by atoms with van der Waals surface area (Å²) in [6, 6.07) is 1.41. The van der Waals surface area contributed by atoms with Crippen LogP contribution >= 0.6 is 22.9 Å². The van der Waals surface area contributed by atoms with Gasteiger partial charge in [-0.25, -0.2) is 14.2 Å². The number of hydrogen-bond donors (Lipinski definition) is 3. The Morgan fingerprint density at radius 2 is 2.10 bits per heavy atom. The van der Waals surface area contributed by atoms with Crippen molar-refractivity contribution in [3.63, 3.8) is 0 Å². The van der Waals surface area contributed by atoms with Crippen molar-refractivity contribution in [1.82, 2.24) is 20.9 Å². The number of carbonyl (C=O) groups excluding carboxylic acids is 2. The Labute approximate surface area is 177 Å². The zero-order valence-electron chi connectivity index (χ0n) is 15.1. The van der Waals surface area contributed by atoms with Gasteiger partial charge < -0.3 is 16.0 Å². The number of urea groups is 1. The molecule has 2 heterocycles. The van der Waals surface area contributed by atoms with Gasteiger partial charge in [-0.15, -0.1) is 11.3 Å². The molecule has 1 saturated heterocycles. The van der Waals surface area contributed by atoms with Crippen LogP contribution in [0.3, 0.4) is 0 Å². The lowest BCUT2D eigenvalue weighted by molar-refractivity contribution is -0.160. The number of alkyl halides is 3. The van der Waals surface area contributed by atoms with Crippen molar-refractivity contribution in [3.8, 4) is 0 Å². The fraction of sp³-hybridized carbons (Fsp3) is 0.389. The molecule has 0 bridgehead atoms. The molecule has 6 nitrogen and oxygen atoms in total. The number of thiazole rings is 1. The molecule has 0 radical (unpaired) electrons. The molecule has 12 heteroatoms. The highest BCUT2D eigenvalue weighted by Crippen LogP contribution is 2.59. The topological polar surface area (TPSA) is 83.1 Å². The molecule has 2 aromatic rings. The number of halogens is 5. The van der Waals surface area contributed by atoms with Crippen LogP contribution < -0.4 is 16.0 Å². The van der Waals surface area contributed by atoms with Crippen molar-refractivity contribution >= 4 is 34.9 Å². The third-order valence-electron chi connectivity index (χ3n) is 5.17. The Bertz CT molecular complexity index is 1010. The van der Waals surface area contributed by atoms with Crippen molar-refractivity contribution in [3.05, 3.63) is 50.7 Å². The summed E-state index contributed by atoms with van der Waals surface area (Å²) < 4.78 is 54.0. The minimum Gasteiger partial charge on any atom is -0.342 e. The van der Waals surface area contributed by atoms with E-state index in [4.69, 9.17) is 11.6 Å². The monoisotopic (exact) mass is 462 g/mol. The van der Waals surface area contributed by atoms with E-state index in [0.717, 1.165) is 17.4 Å². The molecule has 2 aliphatic rings. The SMILES string of the molecule is O=C1NC[C@@H](C(=O)NC(c2ccc(F)c(Cl)c2)c2csc(C3(C(F)(F)F)CC3)n2)N1. The zero-order valence-corrected chi connectivity index (χ0v) is 16.7. The molecule has 2 atom stereocenters. The average Bonchev–Trinajstić information content (AvgIpc) is 3.16. The Morgan fingerprint density at radius 3 is 2.67 bits per heavy atom. The maximum absolute atomic E-state index is 13.6. The van der Waals surface area contributed by atoms with Gasteiger partial charge >= 0.3 is 12.2 Å². The van der Waals surface area contributed by atoms with Gasteiger partial charge in [-0.2, -0.15) is 13.2 Å². The van der Waals surface area contributed by atoms with Crippen LogP contribution in [0.1, 0.15) is 35.1 Å². The van der Waals surface area contributed by atoms with Crippen molar-refractivity contribution in [1.29, 1.82) is 0 Å². The van der Waals surface area contributed by atoms with Crippen LogP contribution in [0, 0.1) is 5.82 Å². The molecule has 160 valence electrons. The van der Waals surface area contributed by atoms with Gasteiger partial charge in [0.1, 0.15) is 22.3 Å². The van der Waals surface area contributed by atoms with Gasteiger partial charge in [-0.3, -0.25) is 4.79 Å². The number of nitrogens with zero attached hydrogens (tertiary/aromatic N) is 1. The Balaban J connectivity index is 1.66. The van der Waals surface area contributed by atoms with Crippen molar-refractivity contribution in [2.45, 2.75) is 36.5 Å². The molecule has 2 fully saturated rings. The van der Waals surface area contributed by atoms with Crippen LogP contribution in [-0.4, -0.2) is 35.7 Å². The summed E-state index contributed by atoms with van der Waals surface area (Å²) in [7, 11) is 0. The predicted octanol–water partition coefficient (Wildman–Crippen LogP) is 3.42. The highest BCUT2D eigenvalue weighted by molar-refractivity contribution is 7.09. The largest absolute Gasteiger partial charge is 0.400 e. The quantitative estimate of drug-likeness (QED) is 0.595. The molecule has 4 rings (SSSR count). The molecule has 1 aliphatic heterocycles. The first-order chi connectivity index (χ1) is 14.1. The van der Waals surface area contributed by atoms with E-state index < -0.39 is 41.4 Å². The van der Waals surface area contributed by atoms with Gasteiger partial charge in [0.2, 0.25) is 5.91 Å². The van der Waals surface area contributed by atoms with E-state index in [9.17, 15) is 27.2 Å². The third-order valence-corrected chi connectivity index (χ3v) is 6.53. The number of benzene rings is 1. The number of hydrogen-bond acceptors (Lipinski definition) is 4. The summed E-state index contributed by atoms with van der Waals surface area (Å²) in [4.78, 5) is 28.1. The molecule has 3 amide bonds. The minimum absolute atomic E-state index is 0.0391. The second kappa shape index (κ2) is 7.38. The first kappa shape index (κ1) is 20.9. The summed E-state index contributed by atoms with van der Waals surface area (Å²) in [5.74, 6) is -1.24. The number of carbonyl (C=O) groups is 2. The maximum atomic E-state index is 13.6. The normalized spacial score (nSPS) is 21.0. The van der Waals surface area contributed by atoms with Crippen LogP contribution in [0.2, 0.25) is 5.02 Å². The van der Waals surface area contributed by atoms with Gasteiger partial charge in [0.25, 0.3) is 0 Å². The summed E-state index contributed by atoms with van der Waals surface area (Å²) in [5, 5.41) is 8.71. The fourth-order valence-corrected chi connectivity index (χ4v) is 4.57. The van der Waals surface area contributed by atoms with Gasteiger partial charge in [0.05, 0.1) is 16.8 Å². The van der Waals surface area contributed by atoms with Crippen LogP contribution in [0.4, 0.5) is 22.4 Å². The van der Waals surface area contributed by atoms with E-state index >= 15 is 0 Å². The minimum atomic E-state index is -4.42. The molecule has 1 saturated carbocycles. The van der Waals surface area contributed by atoms with Crippen LogP contribution in [0.15, 0.2) is 23.6 Å². The predicted molar refractivity (Wildman–Crippen MR) is 101 cm³/mol. The van der Waals surface area contributed by atoms with Crippen LogP contribution in [0.5, 0.6) is 0 Å². The molecular formula is C18H15ClF4N4O2S.